The highest BCUT2D eigenvalue weighted by molar-refractivity contribution is 5.94. The van der Waals surface area contributed by atoms with Gasteiger partial charge in [-0.25, -0.2) is 4.68 Å². The first-order valence-electron chi connectivity index (χ1n) is 8.72. The molecule has 4 rings (SSSR count). The number of carbonyl (C=O) groups excluding carboxylic acids is 1. The monoisotopic (exact) mass is 325 g/mol. The van der Waals surface area contributed by atoms with Gasteiger partial charge in [-0.05, 0) is 44.2 Å². The Labute approximate surface area is 142 Å². The van der Waals surface area contributed by atoms with Gasteiger partial charge >= 0.3 is 0 Å². The number of amides is 1. The molecule has 1 aromatic heterocycles. The van der Waals surface area contributed by atoms with Gasteiger partial charge in [0.05, 0.1) is 18.8 Å². The minimum absolute atomic E-state index is 0.179. The Morgan fingerprint density at radius 3 is 2.96 bits per heavy atom. The molecule has 0 N–H and O–H groups in total. The van der Waals surface area contributed by atoms with Crippen molar-refractivity contribution in [2.45, 2.75) is 51.1 Å². The van der Waals surface area contributed by atoms with E-state index in [9.17, 15) is 4.79 Å². The summed E-state index contributed by atoms with van der Waals surface area (Å²) in [5.74, 6) is 2.25. The molecule has 0 bridgehead atoms. The van der Waals surface area contributed by atoms with E-state index in [4.69, 9.17) is 4.74 Å². The van der Waals surface area contributed by atoms with Crippen molar-refractivity contribution in [3.63, 3.8) is 0 Å². The van der Waals surface area contributed by atoms with E-state index in [0.717, 1.165) is 30.0 Å². The van der Waals surface area contributed by atoms with E-state index in [1.165, 1.54) is 0 Å². The standard InChI is InChI=1S/C19H23N3O2/c1-13-11-14(2)22-18(7-9-20-22)21(13)19(23)12-15-8-10-24-17-6-4-3-5-16(15)17/h3-7,9,13-15H,8,10-12H2,1-2H3/t13-,14-,15+/m1/s1. The molecule has 3 atom stereocenters. The number of nitrogens with zero attached hydrogens (tertiary/aromatic N) is 3. The molecule has 0 spiro atoms. The lowest BCUT2D eigenvalue weighted by molar-refractivity contribution is -0.119. The molecule has 5 heteroatoms. The van der Waals surface area contributed by atoms with Crippen LogP contribution in [0, 0.1) is 0 Å². The van der Waals surface area contributed by atoms with Crippen LogP contribution >= 0.6 is 0 Å². The summed E-state index contributed by atoms with van der Waals surface area (Å²) in [6.07, 6.45) is 4.13. The van der Waals surface area contributed by atoms with Gasteiger partial charge in [0, 0.05) is 18.5 Å². The third-order valence-electron chi connectivity index (χ3n) is 5.21. The van der Waals surface area contributed by atoms with Crippen LogP contribution in [-0.4, -0.2) is 28.3 Å². The Balaban J connectivity index is 1.59. The number of benzene rings is 1. The fourth-order valence-corrected chi connectivity index (χ4v) is 4.07. The molecular formula is C19H23N3O2. The van der Waals surface area contributed by atoms with E-state index in [1.807, 2.05) is 33.8 Å². The molecule has 0 aliphatic carbocycles. The largest absolute Gasteiger partial charge is 0.493 e. The SMILES string of the molecule is C[C@@H]1C[C@@H](C)n2nccc2N1C(=O)C[C@@H]1CCOc2ccccc21. The van der Waals surface area contributed by atoms with Gasteiger partial charge in [-0.15, -0.1) is 0 Å². The summed E-state index contributed by atoms with van der Waals surface area (Å²) in [7, 11) is 0. The number of fused-ring (bicyclic) bond motifs is 2. The van der Waals surface area contributed by atoms with Crippen molar-refractivity contribution in [2.24, 2.45) is 0 Å². The maximum absolute atomic E-state index is 13.1. The van der Waals surface area contributed by atoms with E-state index in [2.05, 4.69) is 25.0 Å². The first-order valence-corrected chi connectivity index (χ1v) is 8.72. The summed E-state index contributed by atoms with van der Waals surface area (Å²) in [4.78, 5) is 15.0. The van der Waals surface area contributed by atoms with Crippen molar-refractivity contribution in [1.82, 2.24) is 9.78 Å². The Hall–Kier alpha value is -2.30. The minimum atomic E-state index is 0.179. The predicted octanol–water partition coefficient (Wildman–Crippen LogP) is 3.53. The van der Waals surface area contributed by atoms with Crippen molar-refractivity contribution in [1.29, 1.82) is 0 Å². The number of aromatic nitrogens is 2. The topological polar surface area (TPSA) is 47.4 Å². The fraction of sp³-hybridized carbons (Fsp3) is 0.474. The summed E-state index contributed by atoms with van der Waals surface area (Å²) >= 11 is 0. The first-order chi connectivity index (χ1) is 11.6. The molecule has 5 nitrogen and oxygen atoms in total. The normalized spacial score (nSPS) is 25.6. The van der Waals surface area contributed by atoms with Gasteiger partial charge in [-0.1, -0.05) is 18.2 Å². The number of anilines is 1. The van der Waals surface area contributed by atoms with Crippen LogP contribution in [0.25, 0.3) is 0 Å². The summed E-state index contributed by atoms with van der Waals surface area (Å²) in [5, 5.41) is 4.39. The molecule has 2 aliphatic rings. The lowest BCUT2D eigenvalue weighted by Crippen LogP contribution is -2.45. The van der Waals surface area contributed by atoms with Crippen LogP contribution < -0.4 is 9.64 Å². The van der Waals surface area contributed by atoms with Crippen LogP contribution in [0.5, 0.6) is 5.75 Å². The lowest BCUT2D eigenvalue weighted by Gasteiger charge is -2.38. The molecule has 0 saturated carbocycles. The number of carbonyl (C=O) groups is 1. The Morgan fingerprint density at radius 1 is 1.25 bits per heavy atom. The van der Waals surface area contributed by atoms with Gasteiger partial charge in [0.1, 0.15) is 11.6 Å². The second-order valence-corrected chi connectivity index (χ2v) is 6.91. The maximum atomic E-state index is 13.1. The smallest absolute Gasteiger partial charge is 0.229 e. The predicted molar refractivity (Wildman–Crippen MR) is 92.4 cm³/mol. The van der Waals surface area contributed by atoms with Gasteiger partial charge in [0.25, 0.3) is 0 Å². The zero-order chi connectivity index (χ0) is 16.7. The van der Waals surface area contributed by atoms with Gasteiger partial charge in [0.15, 0.2) is 0 Å². The van der Waals surface area contributed by atoms with E-state index < -0.39 is 0 Å². The summed E-state index contributed by atoms with van der Waals surface area (Å²) in [5.41, 5.74) is 1.16. The average molecular weight is 325 g/mol. The van der Waals surface area contributed by atoms with Crippen molar-refractivity contribution in [3.8, 4) is 5.75 Å². The second kappa shape index (κ2) is 5.96. The highest BCUT2D eigenvalue weighted by atomic mass is 16.5. The maximum Gasteiger partial charge on any atom is 0.229 e. The summed E-state index contributed by atoms with van der Waals surface area (Å²) < 4.78 is 7.69. The van der Waals surface area contributed by atoms with Crippen LogP contribution in [0.4, 0.5) is 5.82 Å². The molecule has 24 heavy (non-hydrogen) atoms. The quantitative estimate of drug-likeness (QED) is 0.848. The molecule has 0 fully saturated rings. The zero-order valence-corrected chi connectivity index (χ0v) is 14.2. The molecule has 0 unspecified atom stereocenters. The highest BCUT2D eigenvalue weighted by Gasteiger charge is 2.34. The molecule has 0 saturated heterocycles. The molecule has 1 amide bonds. The first kappa shape index (κ1) is 15.2. The van der Waals surface area contributed by atoms with Crippen LogP contribution in [0.15, 0.2) is 36.5 Å². The number of para-hydroxylation sites is 1. The van der Waals surface area contributed by atoms with E-state index in [1.54, 1.807) is 6.20 Å². The molecule has 2 aromatic rings. The van der Waals surface area contributed by atoms with Crippen molar-refractivity contribution in [2.75, 3.05) is 11.5 Å². The fourth-order valence-electron chi connectivity index (χ4n) is 4.07. The summed E-state index contributed by atoms with van der Waals surface area (Å²) in [6, 6.07) is 10.6. The Bertz CT molecular complexity index is 755. The third-order valence-corrected chi connectivity index (χ3v) is 5.21. The van der Waals surface area contributed by atoms with Gasteiger partial charge in [-0.2, -0.15) is 5.10 Å². The third kappa shape index (κ3) is 2.48. The zero-order valence-electron chi connectivity index (χ0n) is 14.2. The number of ether oxygens (including phenoxy) is 1. The molecular weight excluding hydrogens is 302 g/mol. The summed E-state index contributed by atoms with van der Waals surface area (Å²) in [6.45, 7) is 4.96. The number of hydrogen-bond acceptors (Lipinski definition) is 3. The van der Waals surface area contributed by atoms with Crippen molar-refractivity contribution in [3.05, 3.63) is 42.1 Å². The molecule has 2 aliphatic heterocycles. The van der Waals surface area contributed by atoms with Crippen LogP contribution in [0.3, 0.4) is 0 Å². The van der Waals surface area contributed by atoms with Crippen LogP contribution in [0.2, 0.25) is 0 Å². The average Bonchev–Trinajstić information content (AvgIpc) is 3.05. The van der Waals surface area contributed by atoms with Crippen molar-refractivity contribution >= 4 is 11.7 Å². The van der Waals surface area contributed by atoms with E-state index >= 15 is 0 Å². The number of hydrogen-bond donors (Lipinski definition) is 0. The lowest BCUT2D eigenvalue weighted by atomic mass is 9.89. The van der Waals surface area contributed by atoms with Crippen LogP contribution in [-0.2, 0) is 4.79 Å². The van der Waals surface area contributed by atoms with Crippen LogP contribution in [0.1, 0.15) is 50.6 Å². The highest BCUT2D eigenvalue weighted by Crippen LogP contribution is 2.38. The molecule has 3 heterocycles. The van der Waals surface area contributed by atoms with E-state index in [-0.39, 0.29) is 17.9 Å². The van der Waals surface area contributed by atoms with Gasteiger partial charge in [-0.3, -0.25) is 9.69 Å². The molecule has 1 aromatic carbocycles. The second-order valence-electron chi connectivity index (χ2n) is 6.91. The van der Waals surface area contributed by atoms with Gasteiger partial charge < -0.3 is 4.74 Å². The molecule has 126 valence electrons. The minimum Gasteiger partial charge on any atom is -0.493 e. The number of rotatable bonds is 2. The van der Waals surface area contributed by atoms with Gasteiger partial charge in [0.2, 0.25) is 5.91 Å². The van der Waals surface area contributed by atoms with E-state index in [0.29, 0.717) is 19.1 Å². The Kier molecular flexibility index (Phi) is 3.79. The molecule has 0 radical (unpaired) electrons. The van der Waals surface area contributed by atoms with Crippen molar-refractivity contribution < 1.29 is 9.53 Å². The Morgan fingerprint density at radius 2 is 2.08 bits per heavy atom.